The van der Waals surface area contributed by atoms with Crippen LogP contribution >= 0.6 is 0 Å². The summed E-state index contributed by atoms with van der Waals surface area (Å²) in [5.74, 6) is 0.223. The van der Waals surface area contributed by atoms with Crippen LogP contribution in [0, 0.1) is 13.8 Å². The number of fused-ring (bicyclic) bond motifs is 1. The van der Waals surface area contributed by atoms with Gasteiger partial charge < -0.3 is 14.8 Å². The molecule has 0 aliphatic carbocycles. The van der Waals surface area contributed by atoms with Crippen LogP contribution < -0.4 is 10.1 Å². The summed E-state index contributed by atoms with van der Waals surface area (Å²) in [6, 6.07) is 17.0. The quantitative estimate of drug-likeness (QED) is 0.429. The van der Waals surface area contributed by atoms with Gasteiger partial charge in [-0.3, -0.25) is 4.79 Å². The molecule has 2 aromatic carbocycles. The molecular formula is C25H24N4O4. The smallest absolute Gasteiger partial charge is 0.343 e. The van der Waals surface area contributed by atoms with Crippen LogP contribution in [-0.4, -0.2) is 39.9 Å². The molecule has 0 saturated carbocycles. The number of aromatic nitrogens is 3. The van der Waals surface area contributed by atoms with Gasteiger partial charge in [-0.2, -0.15) is 9.78 Å². The van der Waals surface area contributed by atoms with Crippen LogP contribution in [0.1, 0.15) is 28.4 Å². The van der Waals surface area contributed by atoms with E-state index in [2.05, 4.69) is 15.4 Å². The molecule has 0 spiro atoms. The fourth-order valence-electron chi connectivity index (χ4n) is 3.37. The highest BCUT2D eigenvalue weighted by molar-refractivity contribution is 6.01. The first kappa shape index (κ1) is 22.0. The number of hydrogen-bond donors (Lipinski definition) is 1. The number of anilines is 1. The lowest BCUT2D eigenvalue weighted by Crippen LogP contribution is -2.24. The molecule has 8 nitrogen and oxygen atoms in total. The van der Waals surface area contributed by atoms with Crippen LogP contribution in [0.25, 0.3) is 16.7 Å². The largest absolute Gasteiger partial charge is 0.483 e. The van der Waals surface area contributed by atoms with E-state index < -0.39 is 11.9 Å². The predicted molar refractivity (Wildman–Crippen MR) is 125 cm³/mol. The van der Waals surface area contributed by atoms with Crippen molar-refractivity contribution < 1.29 is 19.1 Å². The molecule has 2 aromatic heterocycles. The number of nitrogens with zero attached hydrogens (tertiary/aromatic N) is 3. The number of aryl methyl sites for hydroxylation is 1. The molecule has 168 valence electrons. The first-order chi connectivity index (χ1) is 16.0. The molecular weight excluding hydrogens is 420 g/mol. The van der Waals surface area contributed by atoms with Crippen molar-refractivity contribution in [2.75, 3.05) is 18.5 Å². The van der Waals surface area contributed by atoms with Crippen molar-refractivity contribution >= 4 is 28.6 Å². The van der Waals surface area contributed by atoms with Crippen LogP contribution in [0.4, 0.5) is 5.82 Å². The minimum atomic E-state index is -0.588. The summed E-state index contributed by atoms with van der Waals surface area (Å²) < 4.78 is 12.2. The highest BCUT2D eigenvalue weighted by Gasteiger charge is 2.22. The summed E-state index contributed by atoms with van der Waals surface area (Å²) in [4.78, 5) is 29.9. The molecule has 0 aliphatic rings. The Hall–Kier alpha value is -4.20. The van der Waals surface area contributed by atoms with Gasteiger partial charge in [-0.05, 0) is 56.2 Å². The zero-order valence-electron chi connectivity index (χ0n) is 18.7. The first-order valence-corrected chi connectivity index (χ1v) is 10.6. The van der Waals surface area contributed by atoms with Crippen LogP contribution in [0.5, 0.6) is 5.75 Å². The minimum absolute atomic E-state index is 0.131. The van der Waals surface area contributed by atoms with Crippen LogP contribution in [0.15, 0.2) is 60.8 Å². The standard InChI is InChI=1S/C25H24N4O4/c1-4-32-25(31)19-14-26-29(22-13-12-18-9-5-6-10-20(18)27-22)24(19)28-23(30)15-33-21-11-7-8-16(2)17(21)3/h5-14H,4,15H2,1-3H3,(H,28,30). The van der Waals surface area contributed by atoms with E-state index in [1.807, 2.05) is 62.4 Å². The summed E-state index contributed by atoms with van der Waals surface area (Å²) in [5, 5.41) is 8.00. The molecule has 0 saturated heterocycles. The van der Waals surface area contributed by atoms with Crippen molar-refractivity contribution in [1.82, 2.24) is 14.8 Å². The van der Waals surface area contributed by atoms with Gasteiger partial charge in [0.05, 0.1) is 18.3 Å². The van der Waals surface area contributed by atoms with Gasteiger partial charge in [0.15, 0.2) is 18.2 Å². The second kappa shape index (κ2) is 9.52. The number of carbonyl (C=O) groups is 2. The molecule has 0 atom stereocenters. The van der Waals surface area contributed by atoms with Gasteiger partial charge in [-0.15, -0.1) is 0 Å². The van der Waals surface area contributed by atoms with Gasteiger partial charge in [0.2, 0.25) is 0 Å². The molecule has 0 fully saturated rings. The number of para-hydroxylation sites is 1. The number of esters is 1. The first-order valence-electron chi connectivity index (χ1n) is 10.6. The number of ether oxygens (including phenoxy) is 2. The minimum Gasteiger partial charge on any atom is -0.483 e. The molecule has 4 rings (SSSR count). The Bertz CT molecular complexity index is 1330. The Kier molecular flexibility index (Phi) is 6.35. The second-order valence-corrected chi connectivity index (χ2v) is 7.44. The van der Waals surface area contributed by atoms with Gasteiger partial charge in [0, 0.05) is 5.39 Å². The Labute approximate surface area is 191 Å². The molecule has 8 heteroatoms. The number of amides is 1. The predicted octanol–water partition coefficient (Wildman–Crippen LogP) is 4.23. The molecule has 4 aromatic rings. The third kappa shape index (κ3) is 4.69. The van der Waals surface area contributed by atoms with E-state index in [-0.39, 0.29) is 24.6 Å². The zero-order valence-corrected chi connectivity index (χ0v) is 18.7. The summed E-state index contributed by atoms with van der Waals surface area (Å²) in [6.45, 7) is 5.58. The maximum atomic E-state index is 12.8. The van der Waals surface area contributed by atoms with Crippen molar-refractivity contribution in [2.45, 2.75) is 20.8 Å². The summed E-state index contributed by atoms with van der Waals surface area (Å²) in [5.41, 5.74) is 2.92. The van der Waals surface area contributed by atoms with Crippen molar-refractivity contribution in [1.29, 1.82) is 0 Å². The number of rotatable bonds is 7. The summed E-state index contributed by atoms with van der Waals surface area (Å²) in [6.07, 6.45) is 1.36. The van der Waals surface area contributed by atoms with E-state index >= 15 is 0 Å². The SMILES string of the molecule is CCOC(=O)c1cnn(-c2ccc3ccccc3n2)c1NC(=O)COc1cccc(C)c1C. The molecule has 0 bridgehead atoms. The van der Waals surface area contributed by atoms with Crippen molar-refractivity contribution in [3.63, 3.8) is 0 Å². The van der Waals surface area contributed by atoms with Gasteiger partial charge in [-0.25, -0.2) is 9.78 Å². The summed E-state index contributed by atoms with van der Waals surface area (Å²) >= 11 is 0. The number of pyridine rings is 1. The Morgan fingerprint density at radius 1 is 1.03 bits per heavy atom. The molecule has 0 radical (unpaired) electrons. The van der Waals surface area contributed by atoms with Crippen LogP contribution in [-0.2, 0) is 9.53 Å². The molecule has 1 N–H and O–H groups in total. The van der Waals surface area contributed by atoms with E-state index in [0.717, 1.165) is 22.0 Å². The number of nitrogens with one attached hydrogen (secondary N) is 1. The lowest BCUT2D eigenvalue weighted by molar-refractivity contribution is -0.118. The number of benzene rings is 2. The molecule has 0 unspecified atom stereocenters. The average molecular weight is 444 g/mol. The fourth-order valence-corrected chi connectivity index (χ4v) is 3.37. The van der Waals surface area contributed by atoms with Gasteiger partial charge >= 0.3 is 5.97 Å². The Balaban J connectivity index is 1.63. The highest BCUT2D eigenvalue weighted by Crippen LogP contribution is 2.23. The molecule has 2 heterocycles. The van der Waals surface area contributed by atoms with E-state index in [0.29, 0.717) is 11.6 Å². The molecule has 0 aliphatic heterocycles. The number of carbonyl (C=O) groups excluding carboxylic acids is 2. The molecule has 33 heavy (non-hydrogen) atoms. The van der Waals surface area contributed by atoms with Crippen molar-refractivity contribution in [3.05, 3.63) is 77.5 Å². The lowest BCUT2D eigenvalue weighted by Gasteiger charge is -2.13. The maximum absolute atomic E-state index is 12.8. The maximum Gasteiger partial charge on any atom is 0.343 e. The third-order valence-electron chi connectivity index (χ3n) is 5.24. The summed E-state index contributed by atoms with van der Waals surface area (Å²) in [7, 11) is 0. The Morgan fingerprint density at radius 2 is 1.85 bits per heavy atom. The average Bonchev–Trinajstić information content (AvgIpc) is 3.23. The van der Waals surface area contributed by atoms with E-state index in [9.17, 15) is 9.59 Å². The zero-order chi connectivity index (χ0) is 23.4. The van der Waals surface area contributed by atoms with E-state index in [1.165, 1.54) is 10.9 Å². The van der Waals surface area contributed by atoms with Crippen LogP contribution in [0.2, 0.25) is 0 Å². The van der Waals surface area contributed by atoms with E-state index in [1.54, 1.807) is 13.0 Å². The van der Waals surface area contributed by atoms with Crippen molar-refractivity contribution in [3.8, 4) is 11.6 Å². The van der Waals surface area contributed by atoms with Gasteiger partial charge in [0.1, 0.15) is 11.3 Å². The second-order valence-electron chi connectivity index (χ2n) is 7.44. The fraction of sp³-hybridized carbons (Fsp3) is 0.200. The monoisotopic (exact) mass is 444 g/mol. The third-order valence-corrected chi connectivity index (χ3v) is 5.24. The normalized spacial score (nSPS) is 10.8. The van der Waals surface area contributed by atoms with Crippen LogP contribution in [0.3, 0.4) is 0 Å². The van der Waals surface area contributed by atoms with Gasteiger partial charge in [-0.1, -0.05) is 30.3 Å². The molecule has 1 amide bonds. The van der Waals surface area contributed by atoms with E-state index in [4.69, 9.17) is 9.47 Å². The lowest BCUT2D eigenvalue weighted by atomic mass is 10.1. The number of hydrogen-bond acceptors (Lipinski definition) is 6. The Morgan fingerprint density at radius 3 is 2.67 bits per heavy atom. The van der Waals surface area contributed by atoms with Crippen molar-refractivity contribution in [2.24, 2.45) is 0 Å². The highest BCUT2D eigenvalue weighted by atomic mass is 16.5. The van der Waals surface area contributed by atoms with Gasteiger partial charge in [0.25, 0.3) is 5.91 Å². The topological polar surface area (TPSA) is 95.3 Å².